The van der Waals surface area contributed by atoms with Crippen molar-refractivity contribution in [3.63, 3.8) is 0 Å². The second kappa shape index (κ2) is 15.2. The van der Waals surface area contributed by atoms with E-state index in [0.29, 0.717) is 5.92 Å². The third-order valence-corrected chi connectivity index (χ3v) is 3.05. The highest BCUT2D eigenvalue weighted by atomic mass is 27.0. The maximum atomic E-state index is 10.8. The molecule has 0 heterocycles. The van der Waals surface area contributed by atoms with Gasteiger partial charge < -0.3 is 4.79 Å². The van der Waals surface area contributed by atoms with Crippen LogP contribution in [-0.4, -0.2) is 23.6 Å². The molecule has 0 aliphatic heterocycles. The molecule has 0 spiro atoms. The molecule has 2 heteroatoms. The number of aldehydes is 1. The van der Waals surface area contributed by atoms with Crippen LogP contribution in [0.25, 0.3) is 0 Å². The molecule has 0 aromatic rings. The average Bonchev–Trinajstić information content (AvgIpc) is 2.27. The van der Waals surface area contributed by atoms with Crippen LogP contribution in [-0.2, 0) is 4.79 Å². The van der Waals surface area contributed by atoms with Gasteiger partial charge in [0, 0.05) is 5.92 Å². The predicted octanol–water partition coefficient (Wildman–Crippen LogP) is 3.56. The monoisotopic (exact) mass is 242 g/mol. The maximum Gasteiger partial charge on any atom is 0.187 e. The minimum Gasteiger partial charge on any atom is -0.303 e. The Morgan fingerprint density at radius 3 is 1.56 bits per heavy atom. The Bertz CT molecular complexity index is 125. The summed E-state index contributed by atoms with van der Waals surface area (Å²) in [5, 5.41) is 0. The zero-order valence-electron chi connectivity index (χ0n) is 10.6. The lowest BCUT2D eigenvalue weighted by atomic mass is 9.96. The van der Waals surface area contributed by atoms with Crippen molar-refractivity contribution >= 4 is 23.6 Å². The van der Waals surface area contributed by atoms with E-state index >= 15 is 0 Å². The molecule has 0 aromatic heterocycles. The van der Waals surface area contributed by atoms with Gasteiger partial charge in [0.05, 0.1) is 0 Å². The molecular formula is C14H31AlO. The zero-order valence-corrected chi connectivity index (χ0v) is 10.6. The van der Waals surface area contributed by atoms with Crippen LogP contribution in [0.5, 0.6) is 0 Å². The molecule has 0 saturated heterocycles. The number of carbonyl (C=O) groups excluding carboxylic acids is 1. The van der Waals surface area contributed by atoms with Crippen molar-refractivity contribution in [2.75, 3.05) is 0 Å². The van der Waals surface area contributed by atoms with E-state index in [1.54, 1.807) is 0 Å². The van der Waals surface area contributed by atoms with Crippen molar-refractivity contribution in [2.24, 2.45) is 5.92 Å². The molecule has 0 N–H and O–H groups in total. The second-order valence-electron chi connectivity index (χ2n) is 4.59. The molecule has 1 nitrogen and oxygen atoms in total. The van der Waals surface area contributed by atoms with Crippen LogP contribution in [0.15, 0.2) is 0 Å². The molecule has 0 atom stereocenters. The summed E-state index contributed by atoms with van der Waals surface area (Å²) in [7, 11) is 0. The Labute approximate surface area is 113 Å². The summed E-state index contributed by atoms with van der Waals surface area (Å²) < 4.78 is 0. The van der Waals surface area contributed by atoms with Crippen LogP contribution in [0.2, 0.25) is 0 Å². The normalized spacial score (nSPS) is 10.2. The van der Waals surface area contributed by atoms with Gasteiger partial charge in [-0.2, -0.15) is 0 Å². The smallest absolute Gasteiger partial charge is 0.187 e. The fourth-order valence-electron chi connectivity index (χ4n) is 1.95. The predicted molar refractivity (Wildman–Crippen MR) is 77.0 cm³/mol. The SMILES string of the molecule is CCCCCCC(C=O)CCCCCC.[AlH3]. The van der Waals surface area contributed by atoms with Crippen LogP contribution in [0, 0.1) is 5.92 Å². The molecule has 0 aliphatic carbocycles. The van der Waals surface area contributed by atoms with Crippen LogP contribution < -0.4 is 0 Å². The summed E-state index contributed by atoms with van der Waals surface area (Å²) in [6, 6.07) is 0. The van der Waals surface area contributed by atoms with Gasteiger partial charge in [0.25, 0.3) is 0 Å². The van der Waals surface area contributed by atoms with E-state index in [0.717, 1.165) is 12.8 Å². The molecule has 16 heavy (non-hydrogen) atoms. The van der Waals surface area contributed by atoms with Gasteiger partial charge in [-0.15, -0.1) is 0 Å². The topological polar surface area (TPSA) is 17.1 Å². The summed E-state index contributed by atoms with van der Waals surface area (Å²) >= 11 is 0. The Morgan fingerprint density at radius 2 is 1.25 bits per heavy atom. The number of hydrogen-bond acceptors (Lipinski definition) is 1. The van der Waals surface area contributed by atoms with E-state index in [-0.39, 0.29) is 17.4 Å². The zero-order chi connectivity index (χ0) is 11.4. The van der Waals surface area contributed by atoms with Crippen molar-refractivity contribution in [3.8, 4) is 0 Å². The van der Waals surface area contributed by atoms with Crippen LogP contribution in [0.1, 0.15) is 78.1 Å². The molecule has 0 unspecified atom stereocenters. The van der Waals surface area contributed by atoms with Gasteiger partial charge in [0.1, 0.15) is 6.29 Å². The maximum absolute atomic E-state index is 10.8. The number of carbonyl (C=O) groups is 1. The quantitative estimate of drug-likeness (QED) is 0.307. The second-order valence-corrected chi connectivity index (χ2v) is 4.59. The lowest BCUT2D eigenvalue weighted by Gasteiger charge is -2.09. The first-order chi connectivity index (χ1) is 7.35. The minimum atomic E-state index is 0. The van der Waals surface area contributed by atoms with Crippen molar-refractivity contribution < 1.29 is 4.79 Å². The van der Waals surface area contributed by atoms with Crippen LogP contribution >= 0.6 is 0 Å². The molecule has 0 bridgehead atoms. The van der Waals surface area contributed by atoms with E-state index in [1.807, 2.05) is 0 Å². The van der Waals surface area contributed by atoms with Gasteiger partial charge in [0.2, 0.25) is 0 Å². The van der Waals surface area contributed by atoms with Gasteiger partial charge in [0.15, 0.2) is 17.4 Å². The summed E-state index contributed by atoms with van der Waals surface area (Å²) in [4.78, 5) is 10.8. The fraction of sp³-hybridized carbons (Fsp3) is 0.929. The summed E-state index contributed by atoms with van der Waals surface area (Å²) in [5.41, 5.74) is 0. The molecule has 96 valence electrons. The molecule has 0 rings (SSSR count). The highest BCUT2D eigenvalue weighted by Crippen LogP contribution is 2.16. The van der Waals surface area contributed by atoms with Gasteiger partial charge >= 0.3 is 0 Å². The van der Waals surface area contributed by atoms with E-state index < -0.39 is 0 Å². The van der Waals surface area contributed by atoms with Gasteiger partial charge in [-0.25, -0.2) is 0 Å². The van der Waals surface area contributed by atoms with E-state index in [4.69, 9.17) is 0 Å². The van der Waals surface area contributed by atoms with E-state index in [9.17, 15) is 4.79 Å². The Kier molecular flexibility index (Phi) is 17.6. The van der Waals surface area contributed by atoms with Crippen LogP contribution in [0.3, 0.4) is 0 Å². The standard InChI is InChI=1S/C14H28O.Al.3H/c1-3-5-7-9-11-14(13-15)12-10-8-6-4-2;;;;/h13-14H,3-12H2,1-2H3;;;;. The van der Waals surface area contributed by atoms with Crippen molar-refractivity contribution in [2.45, 2.75) is 78.1 Å². The Hall–Kier alpha value is 0.202. The van der Waals surface area contributed by atoms with Gasteiger partial charge in [-0.1, -0.05) is 65.2 Å². The Morgan fingerprint density at radius 1 is 0.812 bits per heavy atom. The number of unbranched alkanes of at least 4 members (excludes halogenated alkanes) is 6. The van der Waals surface area contributed by atoms with Gasteiger partial charge in [-0.05, 0) is 12.8 Å². The minimum absolute atomic E-state index is 0. The lowest BCUT2D eigenvalue weighted by molar-refractivity contribution is -0.111. The fourth-order valence-corrected chi connectivity index (χ4v) is 1.95. The molecule has 0 fully saturated rings. The molecule has 0 amide bonds. The largest absolute Gasteiger partial charge is 0.303 e. The summed E-state index contributed by atoms with van der Waals surface area (Å²) in [6.07, 6.45) is 13.7. The highest BCUT2D eigenvalue weighted by molar-refractivity contribution is 5.75. The lowest BCUT2D eigenvalue weighted by Crippen LogP contribution is -2.02. The van der Waals surface area contributed by atoms with E-state index in [2.05, 4.69) is 13.8 Å². The third kappa shape index (κ3) is 12.3. The van der Waals surface area contributed by atoms with Gasteiger partial charge in [-0.3, -0.25) is 0 Å². The summed E-state index contributed by atoms with van der Waals surface area (Å²) in [5.74, 6) is 0.346. The summed E-state index contributed by atoms with van der Waals surface area (Å²) in [6.45, 7) is 4.45. The molecule has 0 radical (unpaired) electrons. The first-order valence-corrected chi connectivity index (χ1v) is 6.80. The first kappa shape index (κ1) is 18.6. The van der Waals surface area contributed by atoms with E-state index in [1.165, 1.54) is 57.7 Å². The van der Waals surface area contributed by atoms with Crippen molar-refractivity contribution in [1.82, 2.24) is 0 Å². The van der Waals surface area contributed by atoms with Crippen LogP contribution in [0.4, 0.5) is 0 Å². The first-order valence-electron chi connectivity index (χ1n) is 6.80. The molecular weight excluding hydrogens is 211 g/mol. The average molecular weight is 242 g/mol. The van der Waals surface area contributed by atoms with Crippen molar-refractivity contribution in [1.29, 1.82) is 0 Å². The third-order valence-electron chi connectivity index (χ3n) is 3.05. The molecule has 0 aromatic carbocycles. The Balaban J connectivity index is 0. The van der Waals surface area contributed by atoms with Crippen molar-refractivity contribution in [3.05, 3.63) is 0 Å². The number of rotatable bonds is 11. The molecule has 0 saturated carbocycles. The number of hydrogen-bond donors (Lipinski definition) is 0. The molecule has 0 aliphatic rings. The highest BCUT2D eigenvalue weighted by Gasteiger charge is 2.06.